The smallest absolute Gasteiger partial charge is 0.321 e. The average molecular weight is 332 g/mol. The van der Waals surface area contributed by atoms with Crippen molar-refractivity contribution in [2.45, 2.75) is 24.8 Å². The molecule has 0 aliphatic rings. The van der Waals surface area contributed by atoms with Gasteiger partial charge in [-0.25, -0.2) is 12.8 Å². The number of halogens is 1. The van der Waals surface area contributed by atoms with Crippen LogP contribution in [0.1, 0.15) is 13.8 Å². The molecule has 1 rings (SSSR count). The van der Waals surface area contributed by atoms with Crippen molar-refractivity contribution in [2.24, 2.45) is 0 Å². The maximum absolute atomic E-state index is 13.4. The van der Waals surface area contributed by atoms with Gasteiger partial charge in [-0.15, -0.1) is 0 Å². The number of rotatable bonds is 7. The molecule has 0 unspecified atom stereocenters. The Balaban J connectivity index is 2.60. The molecule has 0 aliphatic carbocycles. The van der Waals surface area contributed by atoms with Crippen molar-refractivity contribution in [2.75, 3.05) is 13.1 Å². The standard InChI is InChI=1S/C13H17FN2O5S/c1-3-15-13(18)9(2)21-12(17)8-16-22(19,20)11-7-5-4-6-10(11)14/h4-7,9,16H,3,8H2,1-2H3,(H,15,18)/t9-/m0/s1. The van der Waals surface area contributed by atoms with E-state index in [-0.39, 0.29) is 0 Å². The van der Waals surface area contributed by atoms with E-state index in [1.807, 2.05) is 4.72 Å². The predicted octanol–water partition coefficient (Wildman–Crippen LogP) is 0.172. The Kier molecular flexibility index (Phi) is 6.44. The van der Waals surface area contributed by atoms with Gasteiger partial charge in [0.15, 0.2) is 6.10 Å². The third kappa shape index (κ3) is 5.08. The third-order valence-electron chi connectivity index (χ3n) is 2.56. The Morgan fingerprint density at radius 2 is 1.95 bits per heavy atom. The van der Waals surface area contributed by atoms with Crippen molar-refractivity contribution in [3.05, 3.63) is 30.1 Å². The number of likely N-dealkylation sites (N-methyl/N-ethyl adjacent to an activating group) is 1. The number of esters is 1. The summed E-state index contributed by atoms with van der Waals surface area (Å²) in [6.45, 7) is 2.73. The summed E-state index contributed by atoms with van der Waals surface area (Å²) in [5.74, 6) is -2.37. The van der Waals surface area contributed by atoms with E-state index in [1.165, 1.54) is 19.1 Å². The van der Waals surface area contributed by atoms with Crippen molar-refractivity contribution in [1.82, 2.24) is 10.0 Å². The van der Waals surface area contributed by atoms with Crippen LogP contribution >= 0.6 is 0 Å². The number of hydrogen-bond acceptors (Lipinski definition) is 5. The Hall–Kier alpha value is -2.00. The van der Waals surface area contributed by atoms with Gasteiger partial charge in [0.2, 0.25) is 10.0 Å². The molecule has 2 N–H and O–H groups in total. The maximum atomic E-state index is 13.4. The largest absolute Gasteiger partial charge is 0.452 e. The minimum atomic E-state index is -4.18. The number of carbonyl (C=O) groups is 2. The number of carbonyl (C=O) groups excluding carboxylic acids is 2. The molecule has 0 bridgehead atoms. The number of sulfonamides is 1. The molecule has 0 radical (unpaired) electrons. The highest BCUT2D eigenvalue weighted by molar-refractivity contribution is 7.89. The van der Waals surface area contributed by atoms with E-state index in [0.717, 1.165) is 12.1 Å². The number of hydrogen-bond donors (Lipinski definition) is 2. The number of amides is 1. The second-order valence-corrected chi connectivity index (χ2v) is 6.02. The highest BCUT2D eigenvalue weighted by Crippen LogP contribution is 2.12. The fourth-order valence-electron chi connectivity index (χ4n) is 1.50. The van der Waals surface area contributed by atoms with E-state index in [0.29, 0.717) is 6.54 Å². The molecule has 1 aromatic carbocycles. The molecule has 1 atom stereocenters. The summed E-state index contributed by atoms with van der Waals surface area (Å²) in [7, 11) is -4.18. The molecular weight excluding hydrogens is 315 g/mol. The van der Waals surface area contributed by atoms with Crippen LogP contribution in [-0.2, 0) is 24.3 Å². The molecule has 1 aromatic rings. The Bertz CT molecular complexity index is 648. The zero-order valence-corrected chi connectivity index (χ0v) is 12.9. The fourth-order valence-corrected chi connectivity index (χ4v) is 2.55. The van der Waals surface area contributed by atoms with Crippen LogP contribution < -0.4 is 10.0 Å². The number of benzene rings is 1. The van der Waals surface area contributed by atoms with Gasteiger partial charge in [-0.1, -0.05) is 12.1 Å². The first-order valence-electron chi connectivity index (χ1n) is 6.49. The average Bonchev–Trinajstić information content (AvgIpc) is 2.45. The van der Waals surface area contributed by atoms with E-state index in [2.05, 4.69) is 5.32 Å². The Labute approximate surface area is 127 Å². The highest BCUT2D eigenvalue weighted by Gasteiger charge is 2.22. The first kappa shape index (κ1) is 18.1. The Morgan fingerprint density at radius 3 is 2.55 bits per heavy atom. The molecule has 122 valence electrons. The lowest BCUT2D eigenvalue weighted by Crippen LogP contribution is -2.38. The van der Waals surface area contributed by atoms with Gasteiger partial charge in [0.25, 0.3) is 5.91 Å². The van der Waals surface area contributed by atoms with E-state index < -0.39 is 45.3 Å². The summed E-state index contributed by atoms with van der Waals surface area (Å²) >= 11 is 0. The summed E-state index contributed by atoms with van der Waals surface area (Å²) < 4.78 is 43.8. The first-order chi connectivity index (χ1) is 10.3. The summed E-state index contributed by atoms with van der Waals surface area (Å²) in [5, 5.41) is 2.45. The van der Waals surface area contributed by atoms with Crippen molar-refractivity contribution in [3.63, 3.8) is 0 Å². The summed E-state index contributed by atoms with van der Waals surface area (Å²) in [5.41, 5.74) is 0. The maximum Gasteiger partial charge on any atom is 0.321 e. The molecule has 0 aromatic heterocycles. The van der Waals surface area contributed by atoms with Gasteiger partial charge in [0.1, 0.15) is 17.3 Å². The molecule has 9 heteroatoms. The first-order valence-corrected chi connectivity index (χ1v) is 7.97. The zero-order valence-electron chi connectivity index (χ0n) is 12.1. The predicted molar refractivity (Wildman–Crippen MR) is 75.8 cm³/mol. The second-order valence-electron chi connectivity index (χ2n) is 4.28. The van der Waals surface area contributed by atoms with E-state index in [9.17, 15) is 22.4 Å². The summed E-state index contributed by atoms with van der Waals surface area (Å²) in [4.78, 5) is 22.3. The van der Waals surface area contributed by atoms with Crippen LogP contribution in [0.2, 0.25) is 0 Å². The molecule has 0 fully saturated rings. The second kappa shape index (κ2) is 7.85. The van der Waals surface area contributed by atoms with Crippen molar-refractivity contribution in [1.29, 1.82) is 0 Å². The lowest BCUT2D eigenvalue weighted by Gasteiger charge is -2.13. The van der Waals surface area contributed by atoms with E-state index in [4.69, 9.17) is 4.74 Å². The van der Waals surface area contributed by atoms with Crippen molar-refractivity contribution in [3.8, 4) is 0 Å². The van der Waals surface area contributed by atoms with Crippen LogP contribution in [-0.4, -0.2) is 39.5 Å². The SMILES string of the molecule is CCNC(=O)[C@H](C)OC(=O)CNS(=O)(=O)c1ccccc1F. The van der Waals surface area contributed by atoms with Crippen molar-refractivity contribution >= 4 is 21.9 Å². The highest BCUT2D eigenvalue weighted by atomic mass is 32.2. The summed E-state index contributed by atoms with van der Waals surface area (Å²) in [6.07, 6.45) is -1.05. The van der Waals surface area contributed by atoms with Crippen LogP contribution in [0.3, 0.4) is 0 Å². The molecule has 22 heavy (non-hydrogen) atoms. The van der Waals surface area contributed by atoms with E-state index >= 15 is 0 Å². The van der Waals surface area contributed by atoms with Crippen LogP contribution in [0.4, 0.5) is 4.39 Å². The fraction of sp³-hybridized carbons (Fsp3) is 0.385. The van der Waals surface area contributed by atoms with Gasteiger partial charge in [0, 0.05) is 6.54 Å². The quantitative estimate of drug-likeness (QED) is 0.693. The van der Waals surface area contributed by atoms with E-state index in [1.54, 1.807) is 6.92 Å². The monoisotopic (exact) mass is 332 g/mol. The molecule has 0 aliphatic heterocycles. The molecule has 0 spiro atoms. The normalized spacial score (nSPS) is 12.5. The minimum absolute atomic E-state index is 0.376. The minimum Gasteiger partial charge on any atom is -0.452 e. The lowest BCUT2D eigenvalue weighted by atomic mass is 10.3. The van der Waals surface area contributed by atoms with Crippen LogP contribution in [0.15, 0.2) is 29.2 Å². The Morgan fingerprint density at radius 1 is 1.32 bits per heavy atom. The number of ether oxygens (including phenoxy) is 1. The van der Waals surface area contributed by atoms with Gasteiger partial charge < -0.3 is 10.1 Å². The van der Waals surface area contributed by atoms with Crippen LogP contribution in [0, 0.1) is 5.82 Å². The zero-order chi connectivity index (χ0) is 16.8. The van der Waals surface area contributed by atoms with Gasteiger partial charge in [-0.3, -0.25) is 9.59 Å². The summed E-state index contributed by atoms with van der Waals surface area (Å²) in [6, 6.07) is 4.76. The van der Waals surface area contributed by atoms with Gasteiger partial charge in [-0.2, -0.15) is 4.72 Å². The number of nitrogens with one attached hydrogen (secondary N) is 2. The van der Waals surface area contributed by atoms with Crippen LogP contribution in [0.5, 0.6) is 0 Å². The molecule has 0 saturated carbocycles. The third-order valence-corrected chi connectivity index (χ3v) is 4.00. The van der Waals surface area contributed by atoms with Gasteiger partial charge in [0.05, 0.1) is 0 Å². The molecule has 0 saturated heterocycles. The van der Waals surface area contributed by atoms with Crippen molar-refractivity contribution < 1.29 is 27.1 Å². The molecule has 7 nitrogen and oxygen atoms in total. The van der Waals surface area contributed by atoms with Gasteiger partial charge in [-0.05, 0) is 26.0 Å². The molecule has 0 heterocycles. The molecule has 1 amide bonds. The van der Waals surface area contributed by atoms with Gasteiger partial charge >= 0.3 is 5.97 Å². The molecular formula is C13H17FN2O5S. The lowest BCUT2D eigenvalue weighted by molar-refractivity contribution is -0.153. The topological polar surface area (TPSA) is 102 Å². The van der Waals surface area contributed by atoms with Crippen LogP contribution in [0.25, 0.3) is 0 Å².